The number of thiazole rings is 1. The van der Waals surface area contributed by atoms with E-state index < -0.39 is 0 Å². The number of furan rings is 1. The molecule has 112 valence electrons. The van der Waals surface area contributed by atoms with Crippen LogP contribution in [-0.4, -0.2) is 24.0 Å². The van der Waals surface area contributed by atoms with Crippen LogP contribution in [0.15, 0.2) is 22.1 Å². The van der Waals surface area contributed by atoms with Gasteiger partial charge in [-0.2, -0.15) is 0 Å². The van der Waals surface area contributed by atoms with Crippen LogP contribution in [0.1, 0.15) is 34.7 Å². The Kier molecular flexibility index (Phi) is 5.10. The number of methoxy groups -OCH3 is 1. The van der Waals surface area contributed by atoms with Gasteiger partial charge in [-0.15, -0.1) is 11.3 Å². The molecule has 2 aromatic heterocycles. The lowest BCUT2D eigenvalue weighted by Gasteiger charge is -2.00. The van der Waals surface area contributed by atoms with Crippen molar-refractivity contribution in [3.8, 4) is 0 Å². The van der Waals surface area contributed by atoms with Crippen molar-refractivity contribution in [2.75, 3.05) is 12.4 Å². The van der Waals surface area contributed by atoms with Crippen LogP contribution in [0.5, 0.6) is 0 Å². The van der Waals surface area contributed by atoms with Gasteiger partial charge in [0.15, 0.2) is 5.13 Å². The number of hydrogen-bond donors (Lipinski definition) is 1. The Bertz CT molecular complexity index is 632. The van der Waals surface area contributed by atoms with Crippen molar-refractivity contribution < 1.29 is 18.7 Å². The van der Waals surface area contributed by atoms with Crippen LogP contribution in [-0.2, 0) is 16.0 Å². The van der Waals surface area contributed by atoms with Crippen molar-refractivity contribution in [3.63, 3.8) is 0 Å². The van der Waals surface area contributed by atoms with Crippen LogP contribution in [0.4, 0.5) is 5.13 Å². The van der Waals surface area contributed by atoms with Crippen molar-refractivity contribution in [3.05, 3.63) is 34.7 Å². The first-order valence-corrected chi connectivity index (χ1v) is 7.34. The Morgan fingerprint density at radius 1 is 1.48 bits per heavy atom. The van der Waals surface area contributed by atoms with Gasteiger partial charge in [0, 0.05) is 11.8 Å². The van der Waals surface area contributed by atoms with E-state index in [0.29, 0.717) is 35.7 Å². The van der Waals surface area contributed by atoms with E-state index in [2.05, 4.69) is 15.0 Å². The molecule has 0 saturated heterocycles. The first kappa shape index (κ1) is 15.2. The summed E-state index contributed by atoms with van der Waals surface area (Å²) in [5.74, 6) is 0.105. The molecule has 1 N–H and O–H groups in total. The summed E-state index contributed by atoms with van der Waals surface area (Å²) in [5, 5.41) is 5.14. The number of esters is 1. The minimum Gasteiger partial charge on any atom is -0.469 e. The molecule has 6 nitrogen and oxygen atoms in total. The predicted molar refractivity (Wildman–Crippen MR) is 78.5 cm³/mol. The van der Waals surface area contributed by atoms with Gasteiger partial charge in [0.2, 0.25) is 0 Å². The maximum Gasteiger partial charge on any atom is 0.305 e. The molecule has 0 atom stereocenters. The molecule has 0 aromatic carbocycles. The Balaban J connectivity index is 1.87. The summed E-state index contributed by atoms with van der Waals surface area (Å²) in [5.41, 5.74) is 1.35. The molecule has 0 bridgehead atoms. The van der Waals surface area contributed by atoms with Crippen LogP contribution in [0.25, 0.3) is 0 Å². The average molecular weight is 308 g/mol. The van der Waals surface area contributed by atoms with Gasteiger partial charge < -0.3 is 9.15 Å². The lowest BCUT2D eigenvalue weighted by atomic mass is 10.2. The molecule has 0 radical (unpaired) electrons. The van der Waals surface area contributed by atoms with Gasteiger partial charge in [-0.25, -0.2) is 4.98 Å². The highest BCUT2D eigenvalue weighted by Crippen LogP contribution is 2.19. The number of aromatic nitrogens is 1. The predicted octanol–water partition coefficient (Wildman–Crippen LogP) is 2.79. The van der Waals surface area contributed by atoms with Crippen LogP contribution < -0.4 is 5.32 Å². The standard InChI is InChI=1S/C14H16N2O4S/c1-9-11(6-7-20-9)13(18)16-14-15-10(8-21-14)4-3-5-12(17)19-2/h6-8H,3-5H2,1-2H3,(H,15,16,18). The fourth-order valence-electron chi connectivity index (χ4n) is 1.78. The van der Waals surface area contributed by atoms with Crippen molar-refractivity contribution in [1.29, 1.82) is 0 Å². The monoisotopic (exact) mass is 308 g/mol. The van der Waals surface area contributed by atoms with Crippen molar-refractivity contribution in [2.45, 2.75) is 26.2 Å². The third-order valence-corrected chi connectivity index (χ3v) is 3.72. The molecule has 0 aliphatic heterocycles. The van der Waals surface area contributed by atoms with Gasteiger partial charge in [-0.05, 0) is 25.8 Å². The van der Waals surface area contributed by atoms with Crippen LogP contribution in [0.3, 0.4) is 0 Å². The van der Waals surface area contributed by atoms with E-state index in [0.717, 1.165) is 5.69 Å². The Morgan fingerprint density at radius 2 is 2.29 bits per heavy atom. The number of carbonyl (C=O) groups is 2. The van der Waals surface area contributed by atoms with Crippen LogP contribution in [0.2, 0.25) is 0 Å². The Morgan fingerprint density at radius 3 is 2.95 bits per heavy atom. The van der Waals surface area contributed by atoms with Crippen molar-refractivity contribution in [2.24, 2.45) is 0 Å². The molecular formula is C14H16N2O4S. The van der Waals surface area contributed by atoms with Gasteiger partial charge in [0.1, 0.15) is 5.76 Å². The molecule has 0 aliphatic rings. The molecule has 2 rings (SSSR count). The first-order chi connectivity index (χ1) is 10.1. The van der Waals surface area contributed by atoms with Gasteiger partial charge in [0.05, 0.1) is 24.6 Å². The highest BCUT2D eigenvalue weighted by Gasteiger charge is 2.13. The summed E-state index contributed by atoms with van der Waals surface area (Å²) in [6, 6.07) is 1.62. The molecule has 21 heavy (non-hydrogen) atoms. The first-order valence-electron chi connectivity index (χ1n) is 6.47. The van der Waals surface area contributed by atoms with Crippen molar-refractivity contribution >= 4 is 28.3 Å². The zero-order valence-corrected chi connectivity index (χ0v) is 12.7. The summed E-state index contributed by atoms with van der Waals surface area (Å²) < 4.78 is 9.67. The highest BCUT2D eigenvalue weighted by molar-refractivity contribution is 7.13. The quantitative estimate of drug-likeness (QED) is 0.830. The number of hydrogen-bond acceptors (Lipinski definition) is 6. The molecule has 2 aromatic rings. The van der Waals surface area contributed by atoms with E-state index in [9.17, 15) is 9.59 Å². The van der Waals surface area contributed by atoms with Crippen LogP contribution >= 0.6 is 11.3 Å². The van der Waals surface area contributed by atoms with E-state index in [1.807, 2.05) is 5.38 Å². The topological polar surface area (TPSA) is 81.4 Å². The van der Waals surface area contributed by atoms with Gasteiger partial charge in [-0.1, -0.05) is 0 Å². The molecule has 0 unspecified atom stereocenters. The number of nitrogens with zero attached hydrogens (tertiary/aromatic N) is 1. The van der Waals surface area contributed by atoms with E-state index in [1.165, 1.54) is 24.7 Å². The number of anilines is 1. The molecule has 0 saturated carbocycles. The second-order valence-corrected chi connectivity index (χ2v) is 5.28. The highest BCUT2D eigenvalue weighted by atomic mass is 32.1. The normalized spacial score (nSPS) is 10.4. The van der Waals surface area contributed by atoms with Gasteiger partial charge >= 0.3 is 5.97 Å². The van der Waals surface area contributed by atoms with Crippen LogP contribution in [0, 0.1) is 6.92 Å². The number of nitrogens with one attached hydrogen (secondary N) is 1. The number of aryl methyl sites for hydroxylation is 2. The Hall–Kier alpha value is -2.15. The summed E-state index contributed by atoms with van der Waals surface area (Å²) in [6.45, 7) is 1.73. The number of carbonyl (C=O) groups excluding carboxylic acids is 2. The number of rotatable bonds is 6. The minimum atomic E-state index is -0.239. The zero-order valence-electron chi connectivity index (χ0n) is 11.8. The molecule has 7 heteroatoms. The molecule has 0 aliphatic carbocycles. The smallest absolute Gasteiger partial charge is 0.305 e. The zero-order chi connectivity index (χ0) is 15.2. The lowest BCUT2D eigenvalue weighted by molar-refractivity contribution is -0.140. The van der Waals surface area contributed by atoms with E-state index in [4.69, 9.17) is 4.42 Å². The maximum absolute atomic E-state index is 12.0. The third-order valence-electron chi connectivity index (χ3n) is 2.92. The van der Waals surface area contributed by atoms with Gasteiger partial charge in [-0.3, -0.25) is 14.9 Å². The molecule has 2 heterocycles. The maximum atomic E-state index is 12.0. The lowest BCUT2D eigenvalue weighted by Crippen LogP contribution is -2.11. The molecule has 0 spiro atoms. The Labute approximate surface area is 126 Å². The van der Waals surface area contributed by atoms with Crippen molar-refractivity contribution in [1.82, 2.24) is 4.98 Å². The molecule has 1 amide bonds. The summed E-state index contributed by atoms with van der Waals surface area (Å²) in [6.07, 6.45) is 3.19. The third kappa shape index (κ3) is 4.16. The van der Waals surface area contributed by atoms with E-state index in [1.54, 1.807) is 13.0 Å². The average Bonchev–Trinajstić information content (AvgIpc) is 3.07. The summed E-state index contributed by atoms with van der Waals surface area (Å²) >= 11 is 1.36. The molecular weight excluding hydrogens is 292 g/mol. The summed E-state index contributed by atoms with van der Waals surface area (Å²) in [7, 11) is 1.37. The van der Waals surface area contributed by atoms with Gasteiger partial charge in [0.25, 0.3) is 5.91 Å². The minimum absolute atomic E-state index is 0.228. The number of amides is 1. The van der Waals surface area contributed by atoms with E-state index in [-0.39, 0.29) is 11.9 Å². The SMILES string of the molecule is COC(=O)CCCc1csc(NC(=O)c2ccoc2C)n1. The fraction of sp³-hybridized carbons (Fsp3) is 0.357. The van der Waals surface area contributed by atoms with E-state index >= 15 is 0 Å². The largest absolute Gasteiger partial charge is 0.469 e. The summed E-state index contributed by atoms with van der Waals surface area (Å²) in [4.78, 5) is 27.3. The fourth-order valence-corrected chi connectivity index (χ4v) is 2.52. The number of ether oxygens (including phenoxy) is 1. The molecule has 0 fully saturated rings. The second-order valence-electron chi connectivity index (χ2n) is 4.42. The second kappa shape index (κ2) is 7.03.